The van der Waals surface area contributed by atoms with E-state index in [1.54, 1.807) is 74.1 Å². The average Bonchev–Trinajstić information content (AvgIpc) is 1.85. The molecule has 0 unspecified atom stereocenters. The van der Waals surface area contributed by atoms with Gasteiger partial charge in [-0.25, -0.2) is 19.2 Å². The highest BCUT2D eigenvalue weighted by atomic mass is 32.1. The van der Waals surface area contributed by atoms with Crippen LogP contribution < -0.4 is 0 Å². The number of aromatic nitrogens is 28. The molecule has 0 amide bonds. The van der Waals surface area contributed by atoms with Crippen LogP contribution in [0.1, 0.15) is 263 Å². The van der Waals surface area contributed by atoms with Crippen molar-refractivity contribution in [3.63, 3.8) is 0 Å². The highest BCUT2D eigenvalue weighted by Crippen LogP contribution is 2.12. The summed E-state index contributed by atoms with van der Waals surface area (Å²) in [5, 5.41) is 78.1. The zero-order valence-electron chi connectivity index (χ0n) is 71.1. The number of oxazole rings is 1. The Balaban J connectivity index is -0.000000137. The molecule has 0 aliphatic carbocycles. The first-order chi connectivity index (χ1) is 51.0. The van der Waals surface area contributed by atoms with E-state index in [4.69, 9.17) is 0 Å². The third-order valence-corrected chi connectivity index (χ3v) is 6.98. The summed E-state index contributed by atoms with van der Waals surface area (Å²) in [7, 11) is 0. The predicted octanol–water partition coefficient (Wildman–Crippen LogP) is 19.2. The van der Waals surface area contributed by atoms with Crippen LogP contribution in [-0.4, -0.2) is 142 Å². The normalized spacial score (nSPS) is 8.86. The topological polar surface area (TPSA) is 443 Å². The molecule has 0 aromatic carbocycles. The molecule has 0 aliphatic rings. The summed E-state index contributed by atoms with van der Waals surface area (Å²) in [4.78, 5) is 7.17. The summed E-state index contributed by atoms with van der Waals surface area (Å²) in [6.07, 6.45) is 29.1. The third kappa shape index (κ3) is 172. The largest absolute Gasteiger partial charge is 0.452 e. The molecule has 0 spiro atoms. The van der Waals surface area contributed by atoms with Crippen molar-refractivity contribution < 1.29 is 27.2 Å². The first-order valence-corrected chi connectivity index (χ1v) is 36.9. The Hall–Kier alpha value is -9.87. The van der Waals surface area contributed by atoms with E-state index in [0.717, 1.165) is 75.7 Å². The lowest BCUT2D eigenvalue weighted by molar-refractivity contribution is 0.292. The highest BCUT2D eigenvalue weighted by Gasteiger charge is 2.04. The van der Waals surface area contributed by atoms with Gasteiger partial charge in [0.1, 0.15) is 35.8 Å². The summed E-state index contributed by atoms with van der Waals surface area (Å²) in [6, 6.07) is 8.92. The first kappa shape index (κ1) is 117. The average molecular weight is 1550 g/mol. The molecule has 108 heavy (non-hydrogen) atoms. The van der Waals surface area contributed by atoms with Crippen molar-refractivity contribution in [3.8, 4) is 0 Å². The second kappa shape index (κ2) is 99.2. The van der Waals surface area contributed by atoms with E-state index in [-0.39, 0.29) is 5.92 Å². The number of H-pyrrole nitrogens is 1. The summed E-state index contributed by atoms with van der Waals surface area (Å²) < 4.78 is 36.6. The second-order valence-electron chi connectivity index (χ2n) is 27.5. The lowest BCUT2D eigenvalue weighted by Crippen LogP contribution is -1.85. The zero-order chi connectivity index (χ0) is 84.1. The van der Waals surface area contributed by atoms with E-state index in [2.05, 4.69) is 370 Å². The van der Waals surface area contributed by atoms with Crippen LogP contribution in [0.2, 0.25) is 0 Å². The van der Waals surface area contributed by atoms with Crippen molar-refractivity contribution in [2.24, 2.45) is 53.3 Å². The SMILES string of the molecule is CC(C)C.CC(C)C.CC(C)C.CC(C)C.CC(C)C.CC(C)C.CC(C)C.CC(C)C.CC(C)C.CC(C)c1cnon1.CC(C)c1nnno1.CC(C)c1nnns1.c1ccnnc1.c1cn[nH]c1.c1cnncn1.c1cnnnc1.c1cnoc1.c1cocn1.c1conn1.c1nnon1.c1nnsn1. The molecule has 12 aromatic rings. The molecule has 36 heteroatoms. The van der Waals surface area contributed by atoms with Crippen molar-refractivity contribution in [1.82, 2.24) is 142 Å². The Bertz CT molecular complexity index is 2390. The third-order valence-electron chi connectivity index (χ3n) is 5.72. The van der Waals surface area contributed by atoms with Crippen LogP contribution in [0.4, 0.5) is 0 Å². The van der Waals surface area contributed by atoms with Crippen LogP contribution in [-0.2, 0) is 0 Å². The maximum absolute atomic E-state index is 4.62. The summed E-state index contributed by atoms with van der Waals surface area (Å²) in [6.45, 7) is 70.7. The Morgan fingerprint density at radius 3 is 1.04 bits per heavy atom. The second-order valence-corrected chi connectivity index (χ2v) is 28.8. The number of nitrogens with one attached hydrogen (secondary N) is 1. The Kier molecular flexibility index (Phi) is 107. The van der Waals surface area contributed by atoms with Gasteiger partial charge in [-0.05, 0) is 104 Å². The Labute approximate surface area is 653 Å². The number of aromatic amines is 1. The van der Waals surface area contributed by atoms with Gasteiger partial charge in [0.05, 0.1) is 65.6 Å². The van der Waals surface area contributed by atoms with E-state index < -0.39 is 0 Å². The number of hydrogen-bond donors (Lipinski definition) is 1. The smallest absolute Gasteiger partial charge is 0.250 e. The molecule has 0 bridgehead atoms. The van der Waals surface area contributed by atoms with E-state index in [9.17, 15) is 0 Å². The van der Waals surface area contributed by atoms with Gasteiger partial charge in [-0.1, -0.05) is 263 Å². The fourth-order valence-corrected chi connectivity index (χ4v) is 3.38. The lowest BCUT2D eigenvalue weighted by atomic mass is 10.2. The molecule has 0 fully saturated rings. The van der Waals surface area contributed by atoms with Crippen molar-refractivity contribution in [2.45, 2.75) is 246 Å². The number of rotatable bonds is 3. The van der Waals surface area contributed by atoms with Crippen molar-refractivity contribution in [3.05, 3.63) is 165 Å². The quantitative estimate of drug-likeness (QED) is 0.172. The molecular weight excluding hydrogens is 1420 g/mol. The maximum Gasteiger partial charge on any atom is 0.250 e. The number of nitrogens with zero attached hydrogens (tertiary/aromatic N) is 27. The summed E-state index contributed by atoms with van der Waals surface area (Å²) >= 11 is 2.46. The molecule has 12 aromatic heterocycles. The van der Waals surface area contributed by atoms with Crippen LogP contribution in [0.5, 0.6) is 0 Å². The van der Waals surface area contributed by atoms with Crippen molar-refractivity contribution in [2.75, 3.05) is 0 Å². The molecule has 1 N–H and O–H groups in total. The maximum atomic E-state index is 4.62. The van der Waals surface area contributed by atoms with Gasteiger partial charge in [0, 0.05) is 65.5 Å². The van der Waals surface area contributed by atoms with Crippen LogP contribution in [0.3, 0.4) is 0 Å². The molecule has 0 atom stereocenters. The van der Waals surface area contributed by atoms with Gasteiger partial charge in [-0.15, -0.1) is 30.6 Å². The Morgan fingerprint density at radius 1 is 0.352 bits per heavy atom. The van der Waals surface area contributed by atoms with Gasteiger partial charge < -0.3 is 18.0 Å². The van der Waals surface area contributed by atoms with Gasteiger partial charge in [0.15, 0.2) is 19.0 Å². The summed E-state index contributed by atoms with van der Waals surface area (Å²) in [5.74, 6) is 9.26. The molecule has 12 heterocycles. The number of hydrogen-bond acceptors (Lipinski definition) is 35. The summed E-state index contributed by atoms with van der Waals surface area (Å²) in [5.41, 5.74) is 0.907. The molecular formula is C72H136N28O6S2. The molecule has 0 radical (unpaired) electrons. The van der Waals surface area contributed by atoms with Crippen LogP contribution in [0, 0.1) is 53.3 Å². The fraction of sp³-hybridized carbons (Fsp3) is 0.625. The predicted molar refractivity (Wildman–Crippen MR) is 428 cm³/mol. The molecule has 0 saturated carbocycles. The van der Waals surface area contributed by atoms with Gasteiger partial charge in [0.25, 0.3) is 5.89 Å². The van der Waals surface area contributed by atoms with Gasteiger partial charge >= 0.3 is 0 Å². The van der Waals surface area contributed by atoms with E-state index in [0.29, 0.717) is 17.7 Å². The van der Waals surface area contributed by atoms with Gasteiger partial charge in [-0.3, -0.25) is 5.10 Å². The molecule has 34 nitrogen and oxygen atoms in total. The highest BCUT2D eigenvalue weighted by molar-refractivity contribution is 7.05. The van der Waals surface area contributed by atoms with Crippen LogP contribution >= 0.6 is 23.3 Å². The van der Waals surface area contributed by atoms with Crippen LogP contribution in [0.25, 0.3) is 0 Å². The molecule has 0 aliphatic heterocycles. The van der Waals surface area contributed by atoms with E-state index >= 15 is 0 Å². The standard InChI is InChI=1S/C5H8N2O.C4H7N3O.C4H7N3S.C4H4N2.9C4H10.2C3H3N3.C3H4N2.2C3H3NO.C2H2N2O.CHN3O.CHN3S/c1-4(2)5-3-6-8-7-5;2*1-3(2)4-5-6-7-8-4;1-2-4-6-5-3-1;9*1-4(2)3;1-2-5-6-3-4-1;1-2-4-6-5-3-1;1-2-4-5-3-1;1-2-5-3-4-1;1-2-4-5-3-1;1-2-5-4-3-1;2*1-2-4-5-3-1/h3-4H,1-2H3;2*3H,1-2H3;1-4H;9*4H,1-3H3;2*1-3H;1-3H,(H,4,5);2*1-3H;1-2H;2*1H. The monoisotopic (exact) mass is 1550 g/mol. The van der Waals surface area contributed by atoms with Gasteiger partial charge in [0.2, 0.25) is 0 Å². The zero-order valence-corrected chi connectivity index (χ0v) is 72.8. The van der Waals surface area contributed by atoms with Crippen molar-refractivity contribution in [1.29, 1.82) is 0 Å². The van der Waals surface area contributed by atoms with Gasteiger partial charge in [-0.2, -0.15) is 24.8 Å². The first-order valence-electron chi connectivity index (χ1n) is 35.4. The minimum Gasteiger partial charge on any atom is -0.452 e. The lowest BCUT2D eigenvalue weighted by Gasteiger charge is -1.91. The van der Waals surface area contributed by atoms with E-state index in [1.165, 1.54) is 68.1 Å². The molecule has 12 rings (SSSR count). The molecule has 612 valence electrons. The van der Waals surface area contributed by atoms with Crippen LogP contribution in [0.15, 0.2) is 176 Å². The minimum atomic E-state index is 0.282. The Morgan fingerprint density at radius 2 is 0.898 bits per heavy atom. The van der Waals surface area contributed by atoms with Crippen molar-refractivity contribution >= 4 is 23.3 Å². The minimum absolute atomic E-state index is 0.282. The fourth-order valence-electron chi connectivity index (χ4n) is 2.73. The van der Waals surface area contributed by atoms with E-state index in [1.807, 2.05) is 45.9 Å². The molecule has 0 saturated heterocycles.